The van der Waals surface area contributed by atoms with Crippen LogP contribution in [0.4, 0.5) is 0 Å². The summed E-state index contributed by atoms with van der Waals surface area (Å²) in [6.07, 6.45) is 14.1. The van der Waals surface area contributed by atoms with Crippen molar-refractivity contribution in [1.82, 2.24) is 0 Å². The number of carbonyl (C=O) groups is 2. The summed E-state index contributed by atoms with van der Waals surface area (Å²) in [5.41, 5.74) is 3.30. The van der Waals surface area contributed by atoms with Gasteiger partial charge in [-0.05, 0) is 99.0 Å². The van der Waals surface area contributed by atoms with Crippen LogP contribution in [0.3, 0.4) is 0 Å². The Hall–Kier alpha value is -5.76. The van der Waals surface area contributed by atoms with Crippen LogP contribution < -0.4 is 14.2 Å². The van der Waals surface area contributed by atoms with Gasteiger partial charge in [-0.2, -0.15) is 0 Å². The number of phenols is 3. The molecule has 0 heterocycles. The molecule has 0 aliphatic carbocycles. The van der Waals surface area contributed by atoms with Crippen LogP contribution in [0.25, 0.3) is 0 Å². The van der Waals surface area contributed by atoms with E-state index in [9.17, 15) is 24.9 Å². The molecule has 0 aliphatic heterocycles. The average molecular weight is 789 g/mol. The average Bonchev–Trinajstić information content (AvgIpc) is 3.21. The van der Waals surface area contributed by atoms with Crippen molar-refractivity contribution < 1.29 is 39.1 Å². The zero-order chi connectivity index (χ0) is 41.7. The monoisotopic (exact) mass is 788 g/mol. The molecule has 5 rings (SSSR count). The van der Waals surface area contributed by atoms with Crippen LogP contribution in [0, 0.1) is 13.8 Å². The largest absolute Gasteiger partial charge is 0.507 e. The van der Waals surface area contributed by atoms with Gasteiger partial charge in [-0.25, -0.2) is 0 Å². The summed E-state index contributed by atoms with van der Waals surface area (Å²) in [6.45, 7) is 9.61. The molecule has 308 valence electrons. The molecule has 0 amide bonds. The van der Waals surface area contributed by atoms with E-state index in [0.717, 1.165) is 37.0 Å². The van der Waals surface area contributed by atoms with E-state index < -0.39 is 5.78 Å². The third-order valence-electron chi connectivity index (χ3n) is 9.78. The first-order valence-electron chi connectivity index (χ1n) is 20.7. The maximum Gasteiger partial charge on any atom is 0.200 e. The molecule has 0 saturated carbocycles. The number of ether oxygens (including phenoxy) is 3. The first-order valence-corrected chi connectivity index (χ1v) is 20.7. The van der Waals surface area contributed by atoms with Crippen molar-refractivity contribution in [3.8, 4) is 40.2 Å². The van der Waals surface area contributed by atoms with Crippen LogP contribution in [-0.2, 0) is 0 Å². The smallest absolute Gasteiger partial charge is 0.200 e. The summed E-state index contributed by atoms with van der Waals surface area (Å²) in [6, 6.07) is 28.8. The Morgan fingerprint density at radius 3 is 1.47 bits per heavy atom. The van der Waals surface area contributed by atoms with Crippen molar-refractivity contribution in [2.45, 2.75) is 105 Å². The Balaban J connectivity index is 0.000000271. The summed E-state index contributed by atoms with van der Waals surface area (Å²) in [5, 5.41) is 30.6. The van der Waals surface area contributed by atoms with Gasteiger partial charge in [-0.15, -0.1) is 0 Å². The van der Waals surface area contributed by atoms with Gasteiger partial charge < -0.3 is 29.5 Å². The number of rotatable bonds is 22. The minimum Gasteiger partial charge on any atom is -0.507 e. The molecule has 3 N–H and O–H groups in total. The standard InChI is InChI=1S/C29H42O5.C21H18O3/c1-3-5-7-9-11-13-19-33-23-15-17-25(27(30)21-23)29(32)26-18-16-24(22-28(26)31)34-20-14-12-10-8-6-4-2;1-14-7-12-20(15(2)13-14)24-17-10-8-16(9-11-17)21(23)18-5-3-4-6-19(18)22/h15-18,21-22,30-31H,3-14,19-20H2,1-2H3;3-13,22H,1-2H3. The predicted molar refractivity (Wildman–Crippen MR) is 231 cm³/mol. The maximum atomic E-state index is 12.9. The molecular weight excluding hydrogens is 729 g/mol. The zero-order valence-electron chi connectivity index (χ0n) is 34.6. The molecule has 0 fully saturated rings. The summed E-state index contributed by atoms with van der Waals surface area (Å²) in [5.74, 6) is 1.53. The molecule has 5 aromatic rings. The lowest BCUT2D eigenvalue weighted by Crippen LogP contribution is -2.04. The third-order valence-corrected chi connectivity index (χ3v) is 9.78. The van der Waals surface area contributed by atoms with Crippen molar-refractivity contribution in [2.75, 3.05) is 13.2 Å². The van der Waals surface area contributed by atoms with Crippen LogP contribution >= 0.6 is 0 Å². The molecule has 8 heteroatoms. The molecule has 0 aliphatic rings. The number of phenolic OH excluding ortho intramolecular Hbond substituents is 3. The van der Waals surface area contributed by atoms with Crippen LogP contribution in [0.5, 0.6) is 40.2 Å². The summed E-state index contributed by atoms with van der Waals surface area (Å²) < 4.78 is 17.3. The van der Waals surface area contributed by atoms with Gasteiger partial charge in [0.15, 0.2) is 11.6 Å². The second-order valence-corrected chi connectivity index (χ2v) is 14.7. The first-order chi connectivity index (χ1) is 28.1. The van der Waals surface area contributed by atoms with Crippen molar-refractivity contribution in [3.05, 3.63) is 137 Å². The summed E-state index contributed by atoms with van der Waals surface area (Å²) >= 11 is 0. The molecule has 8 nitrogen and oxygen atoms in total. The van der Waals surface area contributed by atoms with E-state index in [2.05, 4.69) is 19.9 Å². The van der Waals surface area contributed by atoms with Crippen LogP contribution in [0.1, 0.15) is 134 Å². The summed E-state index contributed by atoms with van der Waals surface area (Å²) in [4.78, 5) is 25.3. The van der Waals surface area contributed by atoms with Crippen molar-refractivity contribution in [1.29, 1.82) is 0 Å². The Bertz CT molecular complexity index is 1970. The van der Waals surface area contributed by atoms with E-state index in [-0.39, 0.29) is 34.2 Å². The highest BCUT2D eigenvalue weighted by atomic mass is 16.5. The van der Waals surface area contributed by atoms with E-state index in [4.69, 9.17) is 14.2 Å². The van der Waals surface area contributed by atoms with Gasteiger partial charge in [0.05, 0.1) is 29.9 Å². The number of hydrogen-bond acceptors (Lipinski definition) is 8. The van der Waals surface area contributed by atoms with Gasteiger partial charge in [-0.1, -0.05) is 108 Å². The fourth-order valence-electron chi connectivity index (χ4n) is 6.41. The molecule has 0 aromatic heterocycles. The lowest BCUT2D eigenvalue weighted by molar-refractivity contribution is 0.102. The Kier molecular flexibility index (Phi) is 18.7. The number of para-hydroxylation sites is 1. The highest BCUT2D eigenvalue weighted by Crippen LogP contribution is 2.31. The Labute approximate surface area is 344 Å². The fourth-order valence-corrected chi connectivity index (χ4v) is 6.41. The number of aromatic hydroxyl groups is 3. The quantitative estimate of drug-likeness (QED) is 0.0468. The van der Waals surface area contributed by atoms with Gasteiger partial charge in [-0.3, -0.25) is 9.59 Å². The number of hydrogen-bond donors (Lipinski definition) is 3. The van der Waals surface area contributed by atoms with Gasteiger partial charge in [0.25, 0.3) is 0 Å². The second-order valence-electron chi connectivity index (χ2n) is 14.7. The number of aryl methyl sites for hydroxylation is 2. The second kappa shape index (κ2) is 24.1. The fraction of sp³-hybridized carbons (Fsp3) is 0.360. The van der Waals surface area contributed by atoms with Crippen LogP contribution in [0.15, 0.2) is 103 Å². The van der Waals surface area contributed by atoms with Crippen LogP contribution in [-0.4, -0.2) is 40.1 Å². The molecule has 0 atom stereocenters. The molecule has 5 aromatic carbocycles. The molecule has 58 heavy (non-hydrogen) atoms. The van der Waals surface area contributed by atoms with E-state index in [1.807, 2.05) is 26.0 Å². The highest BCUT2D eigenvalue weighted by Gasteiger charge is 2.19. The lowest BCUT2D eigenvalue weighted by Gasteiger charge is -2.11. The maximum absolute atomic E-state index is 12.9. The Morgan fingerprint density at radius 2 is 0.966 bits per heavy atom. The van der Waals surface area contributed by atoms with Crippen molar-refractivity contribution in [3.63, 3.8) is 0 Å². The van der Waals surface area contributed by atoms with E-state index in [1.54, 1.807) is 54.6 Å². The van der Waals surface area contributed by atoms with E-state index >= 15 is 0 Å². The van der Waals surface area contributed by atoms with Crippen molar-refractivity contribution in [2.24, 2.45) is 0 Å². The van der Waals surface area contributed by atoms with E-state index in [0.29, 0.717) is 41.6 Å². The molecule has 0 spiro atoms. The number of benzene rings is 5. The van der Waals surface area contributed by atoms with E-state index in [1.165, 1.54) is 87.3 Å². The molecule has 0 unspecified atom stereocenters. The third kappa shape index (κ3) is 14.3. The molecule has 0 radical (unpaired) electrons. The van der Waals surface area contributed by atoms with Gasteiger partial charge in [0.1, 0.15) is 40.2 Å². The van der Waals surface area contributed by atoms with Crippen LogP contribution in [0.2, 0.25) is 0 Å². The summed E-state index contributed by atoms with van der Waals surface area (Å²) in [7, 11) is 0. The van der Waals surface area contributed by atoms with Gasteiger partial charge >= 0.3 is 0 Å². The number of carbonyl (C=O) groups excluding carboxylic acids is 2. The van der Waals surface area contributed by atoms with Gasteiger partial charge in [0, 0.05) is 17.7 Å². The first kappa shape index (κ1) is 44.9. The predicted octanol–water partition coefficient (Wildman–Crippen LogP) is 12.8. The molecule has 0 saturated heterocycles. The Morgan fingerprint density at radius 1 is 0.483 bits per heavy atom. The number of unbranched alkanes of at least 4 members (excludes halogenated alkanes) is 10. The molecule has 0 bridgehead atoms. The molecular formula is C50H60O8. The number of ketones is 2. The normalized spacial score (nSPS) is 10.7. The lowest BCUT2D eigenvalue weighted by atomic mass is 10.0. The topological polar surface area (TPSA) is 123 Å². The van der Waals surface area contributed by atoms with Crippen molar-refractivity contribution >= 4 is 11.6 Å². The SMILES string of the molecule is CCCCCCCCOc1ccc(C(=O)c2ccc(OCCCCCCCC)cc2O)c(O)c1.Cc1ccc(Oc2ccc(C(=O)c3ccccc3O)cc2)c(C)c1. The zero-order valence-corrected chi connectivity index (χ0v) is 34.6. The minimum absolute atomic E-state index is 0.0156. The van der Waals surface area contributed by atoms with Gasteiger partial charge in [0.2, 0.25) is 0 Å². The highest BCUT2D eigenvalue weighted by molar-refractivity contribution is 6.12. The minimum atomic E-state index is -0.444.